The SMILES string of the molecule is Cc1nc2ccc(C(=O)NCC3CCN(C(=O)c4cccnc4)CC3)cc2nc1C. The van der Waals surface area contributed by atoms with E-state index in [0.29, 0.717) is 36.7 Å². The summed E-state index contributed by atoms with van der Waals surface area (Å²) in [7, 11) is 0. The number of amides is 2. The Bertz CT molecular complexity index is 1080. The van der Waals surface area contributed by atoms with Crippen molar-refractivity contribution in [2.75, 3.05) is 19.6 Å². The summed E-state index contributed by atoms with van der Waals surface area (Å²) in [6.07, 6.45) is 5.00. The quantitative estimate of drug-likeness (QED) is 0.724. The van der Waals surface area contributed by atoms with E-state index in [1.807, 2.05) is 24.8 Å². The van der Waals surface area contributed by atoms with Gasteiger partial charge < -0.3 is 10.2 Å². The van der Waals surface area contributed by atoms with Gasteiger partial charge in [0.1, 0.15) is 0 Å². The average Bonchev–Trinajstić information content (AvgIpc) is 2.78. The Kier molecular flexibility index (Phi) is 5.70. The highest BCUT2D eigenvalue weighted by atomic mass is 16.2. The van der Waals surface area contributed by atoms with Gasteiger partial charge in [0.25, 0.3) is 11.8 Å². The predicted molar refractivity (Wildman–Crippen MR) is 114 cm³/mol. The first-order valence-electron chi connectivity index (χ1n) is 10.2. The maximum atomic E-state index is 12.6. The van der Waals surface area contributed by atoms with Crippen LogP contribution in [-0.2, 0) is 0 Å². The van der Waals surface area contributed by atoms with Crippen LogP contribution in [0.15, 0.2) is 42.7 Å². The van der Waals surface area contributed by atoms with Crippen LogP contribution < -0.4 is 5.32 Å². The van der Waals surface area contributed by atoms with Gasteiger partial charge >= 0.3 is 0 Å². The van der Waals surface area contributed by atoms with E-state index in [0.717, 1.165) is 35.3 Å². The minimum Gasteiger partial charge on any atom is -0.352 e. The fourth-order valence-electron chi connectivity index (χ4n) is 3.72. The van der Waals surface area contributed by atoms with Crippen molar-refractivity contribution in [2.24, 2.45) is 5.92 Å². The lowest BCUT2D eigenvalue weighted by Crippen LogP contribution is -2.41. The average molecular weight is 403 g/mol. The number of rotatable bonds is 4. The monoisotopic (exact) mass is 403 g/mol. The fraction of sp³-hybridized carbons (Fsp3) is 0.348. The molecule has 0 saturated carbocycles. The third-order valence-electron chi connectivity index (χ3n) is 5.70. The maximum absolute atomic E-state index is 12.6. The summed E-state index contributed by atoms with van der Waals surface area (Å²) in [6.45, 7) is 5.83. The van der Waals surface area contributed by atoms with E-state index in [2.05, 4.69) is 20.3 Å². The standard InChI is InChI=1S/C23H25N5O2/c1-15-16(2)27-21-12-18(5-6-20(21)26-15)22(29)25-13-17-7-10-28(11-8-17)23(30)19-4-3-9-24-14-19/h3-6,9,12,14,17H,7-8,10-11,13H2,1-2H3,(H,25,29). The van der Waals surface area contributed by atoms with Crippen LogP contribution in [0.5, 0.6) is 0 Å². The maximum Gasteiger partial charge on any atom is 0.255 e. The number of aromatic nitrogens is 3. The van der Waals surface area contributed by atoms with Crippen molar-refractivity contribution in [2.45, 2.75) is 26.7 Å². The summed E-state index contributed by atoms with van der Waals surface area (Å²) < 4.78 is 0. The topological polar surface area (TPSA) is 88.1 Å². The van der Waals surface area contributed by atoms with Gasteiger partial charge in [-0.05, 0) is 62.9 Å². The number of piperidine rings is 1. The molecule has 0 spiro atoms. The molecule has 1 aliphatic rings. The second kappa shape index (κ2) is 8.57. The van der Waals surface area contributed by atoms with Crippen molar-refractivity contribution in [3.05, 3.63) is 65.2 Å². The third kappa shape index (κ3) is 4.30. The number of likely N-dealkylation sites (tertiary alicyclic amines) is 1. The van der Waals surface area contributed by atoms with Crippen LogP contribution in [0.4, 0.5) is 0 Å². The van der Waals surface area contributed by atoms with Crippen LogP contribution in [-0.4, -0.2) is 51.3 Å². The van der Waals surface area contributed by atoms with Crippen molar-refractivity contribution in [1.29, 1.82) is 0 Å². The molecule has 0 atom stereocenters. The molecule has 0 aliphatic carbocycles. The van der Waals surface area contributed by atoms with Gasteiger partial charge in [0, 0.05) is 37.6 Å². The molecule has 0 bridgehead atoms. The van der Waals surface area contributed by atoms with Gasteiger partial charge in [-0.25, -0.2) is 9.97 Å². The first kappa shape index (κ1) is 19.9. The summed E-state index contributed by atoms with van der Waals surface area (Å²) in [5.41, 5.74) is 4.49. The van der Waals surface area contributed by atoms with Crippen LogP contribution in [0.3, 0.4) is 0 Å². The zero-order chi connectivity index (χ0) is 21.1. The molecule has 7 nitrogen and oxygen atoms in total. The Labute approximate surface area is 175 Å². The molecule has 1 aromatic carbocycles. The summed E-state index contributed by atoms with van der Waals surface area (Å²) in [6, 6.07) is 8.98. The molecule has 0 unspecified atom stereocenters. The molecule has 1 saturated heterocycles. The Balaban J connectivity index is 1.31. The van der Waals surface area contributed by atoms with Gasteiger partial charge in [0.15, 0.2) is 0 Å². The Morgan fingerprint density at radius 3 is 2.47 bits per heavy atom. The minimum absolute atomic E-state index is 0.0217. The van der Waals surface area contributed by atoms with E-state index in [1.54, 1.807) is 36.7 Å². The van der Waals surface area contributed by atoms with Crippen molar-refractivity contribution in [1.82, 2.24) is 25.2 Å². The lowest BCUT2D eigenvalue weighted by atomic mass is 9.96. The lowest BCUT2D eigenvalue weighted by molar-refractivity contribution is 0.0684. The Morgan fingerprint density at radius 2 is 1.77 bits per heavy atom. The number of pyridine rings is 1. The van der Waals surface area contributed by atoms with Crippen molar-refractivity contribution in [3.63, 3.8) is 0 Å². The van der Waals surface area contributed by atoms with Gasteiger partial charge in [-0.15, -0.1) is 0 Å². The zero-order valence-corrected chi connectivity index (χ0v) is 17.3. The minimum atomic E-state index is -0.106. The van der Waals surface area contributed by atoms with Gasteiger partial charge in [-0.2, -0.15) is 0 Å². The molecule has 7 heteroatoms. The molecule has 4 rings (SSSR count). The Hall–Kier alpha value is -3.35. The van der Waals surface area contributed by atoms with Crippen LogP contribution in [0, 0.1) is 19.8 Å². The normalized spacial score (nSPS) is 14.7. The third-order valence-corrected chi connectivity index (χ3v) is 5.70. The van der Waals surface area contributed by atoms with Crippen LogP contribution in [0.2, 0.25) is 0 Å². The summed E-state index contributed by atoms with van der Waals surface area (Å²) in [5.74, 6) is 0.274. The number of hydrogen-bond acceptors (Lipinski definition) is 5. The number of carbonyl (C=O) groups excluding carboxylic acids is 2. The van der Waals surface area contributed by atoms with Crippen molar-refractivity contribution in [3.8, 4) is 0 Å². The highest BCUT2D eigenvalue weighted by Crippen LogP contribution is 2.19. The highest BCUT2D eigenvalue weighted by molar-refractivity contribution is 5.97. The molecular formula is C23H25N5O2. The molecule has 1 N–H and O–H groups in total. The fourth-order valence-corrected chi connectivity index (χ4v) is 3.72. The smallest absolute Gasteiger partial charge is 0.255 e. The number of hydrogen-bond donors (Lipinski definition) is 1. The second-order valence-corrected chi connectivity index (χ2v) is 7.79. The number of aryl methyl sites for hydroxylation is 2. The van der Waals surface area contributed by atoms with Crippen molar-refractivity contribution < 1.29 is 9.59 Å². The first-order chi connectivity index (χ1) is 14.5. The number of carbonyl (C=O) groups is 2. The molecule has 1 aliphatic heterocycles. The van der Waals surface area contributed by atoms with E-state index in [9.17, 15) is 9.59 Å². The molecule has 3 heterocycles. The van der Waals surface area contributed by atoms with E-state index in [4.69, 9.17) is 0 Å². The van der Waals surface area contributed by atoms with Gasteiger partial charge in [0.2, 0.25) is 0 Å². The predicted octanol–water partition coefficient (Wildman–Crippen LogP) is 2.92. The zero-order valence-electron chi connectivity index (χ0n) is 17.3. The molecule has 0 radical (unpaired) electrons. The molecule has 2 amide bonds. The molecular weight excluding hydrogens is 378 g/mol. The number of benzene rings is 1. The van der Waals surface area contributed by atoms with Gasteiger partial charge in [-0.1, -0.05) is 0 Å². The van der Waals surface area contributed by atoms with Crippen LogP contribution >= 0.6 is 0 Å². The van der Waals surface area contributed by atoms with Gasteiger partial charge in [-0.3, -0.25) is 14.6 Å². The summed E-state index contributed by atoms with van der Waals surface area (Å²) in [4.78, 5) is 40.0. The summed E-state index contributed by atoms with van der Waals surface area (Å²) in [5, 5.41) is 3.03. The lowest BCUT2D eigenvalue weighted by Gasteiger charge is -2.32. The number of nitrogens with one attached hydrogen (secondary N) is 1. The summed E-state index contributed by atoms with van der Waals surface area (Å²) >= 11 is 0. The van der Waals surface area contributed by atoms with E-state index < -0.39 is 0 Å². The van der Waals surface area contributed by atoms with Crippen molar-refractivity contribution >= 4 is 22.8 Å². The largest absolute Gasteiger partial charge is 0.352 e. The Morgan fingerprint density at radius 1 is 1.03 bits per heavy atom. The van der Waals surface area contributed by atoms with Crippen LogP contribution in [0.25, 0.3) is 11.0 Å². The van der Waals surface area contributed by atoms with E-state index in [1.165, 1.54) is 0 Å². The second-order valence-electron chi connectivity index (χ2n) is 7.79. The molecule has 1 fully saturated rings. The molecule has 154 valence electrons. The molecule has 30 heavy (non-hydrogen) atoms. The molecule has 2 aromatic heterocycles. The first-order valence-corrected chi connectivity index (χ1v) is 10.2. The van der Waals surface area contributed by atoms with E-state index in [-0.39, 0.29) is 11.8 Å². The highest BCUT2D eigenvalue weighted by Gasteiger charge is 2.24. The van der Waals surface area contributed by atoms with E-state index >= 15 is 0 Å². The van der Waals surface area contributed by atoms with Crippen LogP contribution in [0.1, 0.15) is 44.9 Å². The number of fused-ring (bicyclic) bond motifs is 1. The molecule has 3 aromatic rings. The number of nitrogens with zero attached hydrogens (tertiary/aromatic N) is 4. The van der Waals surface area contributed by atoms with Gasteiger partial charge in [0.05, 0.1) is 28.0 Å².